The van der Waals surface area contributed by atoms with Crippen LogP contribution in [-0.4, -0.2) is 73.1 Å². The number of piperidine rings is 1. The van der Waals surface area contributed by atoms with Crippen molar-refractivity contribution in [3.05, 3.63) is 30.4 Å². The normalized spacial score (nSPS) is 19.3. The zero-order valence-corrected chi connectivity index (χ0v) is 17.1. The van der Waals surface area contributed by atoms with Crippen LogP contribution in [0.1, 0.15) is 31.5 Å². The summed E-state index contributed by atoms with van der Waals surface area (Å²) in [6.45, 7) is 3.00. The van der Waals surface area contributed by atoms with E-state index in [9.17, 15) is 4.79 Å². The minimum Gasteiger partial charge on any atom is -0.385 e. The summed E-state index contributed by atoms with van der Waals surface area (Å²) in [4.78, 5) is 23.3. The second-order valence-corrected chi connectivity index (χ2v) is 7.29. The molecule has 2 amide bonds. The van der Waals surface area contributed by atoms with Crippen molar-refractivity contribution in [1.82, 2.24) is 25.3 Å². The van der Waals surface area contributed by atoms with Crippen LogP contribution in [-0.2, 0) is 14.9 Å². The first-order chi connectivity index (χ1) is 14.2. The molecule has 158 valence electrons. The first kappa shape index (κ1) is 21.2. The molecule has 3 heterocycles. The molecular formula is C20H29N5O4. The van der Waals surface area contributed by atoms with Crippen molar-refractivity contribution < 1.29 is 18.8 Å². The molecule has 29 heavy (non-hydrogen) atoms. The van der Waals surface area contributed by atoms with E-state index in [0.717, 1.165) is 24.8 Å². The Bertz CT molecular complexity index is 769. The van der Waals surface area contributed by atoms with Crippen molar-refractivity contribution in [3.63, 3.8) is 0 Å². The lowest BCUT2D eigenvalue weighted by Gasteiger charge is -2.40. The number of ether oxygens (including phenoxy) is 2. The summed E-state index contributed by atoms with van der Waals surface area (Å²) >= 11 is 0. The summed E-state index contributed by atoms with van der Waals surface area (Å²) in [5, 5.41) is 7.24. The van der Waals surface area contributed by atoms with Gasteiger partial charge in [0.05, 0.1) is 11.0 Å². The van der Waals surface area contributed by atoms with Crippen LogP contribution >= 0.6 is 0 Å². The molecule has 1 aliphatic rings. The molecule has 2 aromatic rings. The van der Waals surface area contributed by atoms with Gasteiger partial charge in [-0.15, -0.1) is 0 Å². The molecule has 0 aliphatic carbocycles. The number of urea groups is 1. The summed E-state index contributed by atoms with van der Waals surface area (Å²) in [5.74, 6) is 1.05. The standard InChI is InChI=1S/C20H29N5O4/c1-27-12-5-10-22-19(26)25-11-4-7-20(15-25,8-13-28-2)18-23-17(29-24-18)16-6-3-9-21-14-16/h3,6,9,14H,4-5,7-8,10-13,15H2,1-2H3,(H,22,26). The largest absolute Gasteiger partial charge is 0.385 e. The van der Waals surface area contributed by atoms with E-state index in [1.165, 1.54) is 0 Å². The lowest BCUT2D eigenvalue weighted by atomic mass is 9.76. The Labute approximate surface area is 170 Å². The number of hydrogen-bond acceptors (Lipinski definition) is 7. The van der Waals surface area contributed by atoms with E-state index in [1.54, 1.807) is 26.6 Å². The van der Waals surface area contributed by atoms with Gasteiger partial charge in [-0.05, 0) is 37.8 Å². The first-order valence-corrected chi connectivity index (χ1v) is 9.94. The smallest absolute Gasteiger partial charge is 0.317 e. The summed E-state index contributed by atoms with van der Waals surface area (Å²) in [5.41, 5.74) is 0.374. The Kier molecular flexibility index (Phi) is 7.54. The fourth-order valence-electron chi connectivity index (χ4n) is 3.67. The fraction of sp³-hybridized carbons (Fsp3) is 0.600. The Hall–Kier alpha value is -2.52. The van der Waals surface area contributed by atoms with Crippen LogP contribution in [0, 0.1) is 0 Å². The number of methoxy groups -OCH3 is 2. The number of amides is 2. The second kappa shape index (κ2) is 10.3. The Morgan fingerprint density at radius 1 is 1.34 bits per heavy atom. The second-order valence-electron chi connectivity index (χ2n) is 7.29. The molecular weight excluding hydrogens is 374 g/mol. The molecule has 9 heteroatoms. The van der Waals surface area contributed by atoms with Gasteiger partial charge in [0.2, 0.25) is 0 Å². The average Bonchev–Trinajstić information content (AvgIpc) is 3.27. The van der Waals surface area contributed by atoms with E-state index in [0.29, 0.717) is 51.0 Å². The maximum absolute atomic E-state index is 12.7. The number of aromatic nitrogens is 3. The van der Waals surface area contributed by atoms with Crippen LogP contribution in [0.5, 0.6) is 0 Å². The van der Waals surface area contributed by atoms with Gasteiger partial charge in [0, 0.05) is 59.5 Å². The van der Waals surface area contributed by atoms with Crippen LogP contribution in [0.25, 0.3) is 11.5 Å². The molecule has 0 radical (unpaired) electrons. The molecule has 1 aliphatic heterocycles. The van der Waals surface area contributed by atoms with Crippen molar-refractivity contribution in [2.45, 2.75) is 31.1 Å². The summed E-state index contributed by atoms with van der Waals surface area (Å²) in [6, 6.07) is 3.64. The zero-order valence-electron chi connectivity index (χ0n) is 17.1. The van der Waals surface area contributed by atoms with Crippen molar-refractivity contribution in [3.8, 4) is 11.5 Å². The van der Waals surface area contributed by atoms with Gasteiger partial charge >= 0.3 is 6.03 Å². The number of nitrogens with zero attached hydrogens (tertiary/aromatic N) is 4. The molecule has 0 aromatic carbocycles. The van der Waals surface area contributed by atoms with E-state index < -0.39 is 5.41 Å². The number of rotatable bonds is 9. The Balaban J connectivity index is 1.76. The van der Waals surface area contributed by atoms with E-state index >= 15 is 0 Å². The molecule has 0 saturated carbocycles. The van der Waals surface area contributed by atoms with Crippen molar-refractivity contribution in [1.29, 1.82) is 0 Å². The van der Waals surface area contributed by atoms with Gasteiger partial charge in [-0.2, -0.15) is 4.98 Å². The molecule has 1 unspecified atom stereocenters. The maximum Gasteiger partial charge on any atom is 0.317 e. The zero-order chi connectivity index (χ0) is 20.5. The average molecular weight is 403 g/mol. The van der Waals surface area contributed by atoms with Gasteiger partial charge in [0.15, 0.2) is 5.82 Å². The molecule has 1 atom stereocenters. The Morgan fingerprint density at radius 2 is 2.21 bits per heavy atom. The van der Waals surface area contributed by atoms with E-state index in [-0.39, 0.29) is 6.03 Å². The number of pyridine rings is 1. The predicted octanol–water partition coefficient (Wildman–Crippen LogP) is 2.25. The maximum atomic E-state index is 12.7. The Morgan fingerprint density at radius 3 is 2.97 bits per heavy atom. The van der Waals surface area contributed by atoms with Gasteiger partial charge < -0.3 is 24.2 Å². The highest BCUT2D eigenvalue weighted by molar-refractivity contribution is 5.74. The molecule has 1 fully saturated rings. The molecule has 0 spiro atoms. The quantitative estimate of drug-likeness (QED) is 0.641. The summed E-state index contributed by atoms with van der Waals surface area (Å²) in [7, 11) is 3.33. The van der Waals surface area contributed by atoms with Gasteiger partial charge in [-0.1, -0.05) is 5.16 Å². The van der Waals surface area contributed by atoms with Crippen LogP contribution in [0.2, 0.25) is 0 Å². The number of carbonyl (C=O) groups is 1. The van der Waals surface area contributed by atoms with Crippen LogP contribution in [0.4, 0.5) is 4.79 Å². The van der Waals surface area contributed by atoms with Crippen molar-refractivity contribution >= 4 is 6.03 Å². The number of hydrogen-bond donors (Lipinski definition) is 1. The number of carbonyl (C=O) groups excluding carboxylic acids is 1. The molecule has 9 nitrogen and oxygen atoms in total. The van der Waals surface area contributed by atoms with Gasteiger partial charge in [-0.25, -0.2) is 4.79 Å². The van der Waals surface area contributed by atoms with Gasteiger partial charge in [0.25, 0.3) is 5.89 Å². The third-order valence-electron chi connectivity index (χ3n) is 5.26. The van der Waals surface area contributed by atoms with Crippen LogP contribution in [0.15, 0.2) is 29.0 Å². The minimum absolute atomic E-state index is 0.0708. The first-order valence-electron chi connectivity index (χ1n) is 9.94. The lowest BCUT2D eigenvalue weighted by molar-refractivity contribution is 0.106. The highest BCUT2D eigenvalue weighted by Crippen LogP contribution is 2.36. The van der Waals surface area contributed by atoms with Gasteiger partial charge in [-0.3, -0.25) is 4.98 Å². The third-order valence-corrected chi connectivity index (χ3v) is 5.26. The summed E-state index contributed by atoms with van der Waals surface area (Å²) in [6.07, 6.45) is 6.62. The molecule has 0 bridgehead atoms. The third kappa shape index (κ3) is 5.30. The molecule has 3 rings (SSSR count). The number of nitrogens with one attached hydrogen (secondary N) is 1. The van der Waals surface area contributed by atoms with Crippen molar-refractivity contribution in [2.24, 2.45) is 0 Å². The predicted molar refractivity (Wildman–Crippen MR) is 106 cm³/mol. The SMILES string of the molecule is COCCCNC(=O)N1CCCC(CCOC)(c2noc(-c3cccnc3)n2)C1. The van der Waals surface area contributed by atoms with Crippen molar-refractivity contribution in [2.75, 3.05) is 47.1 Å². The summed E-state index contributed by atoms with van der Waals surface area (Å²) < 4.78 is 15.9. The van der Waals surface area contributed by atoms with Gasteiger partial charge in [0.1, 0.15) is 0 Å². The molecule has 1 N–H and O–H groups in total. The highest BCUT2D eigenvalue weighted by Gasteiger charge is 2.42. The lowest BCUT2D eigenvalue weighted by Crippen LogP contribution is -2.52. The molecule has 1 saturated heterocycles. The monoisotopic (exact) mass is 403 g/mol. The highest BCUT2D eigenvalue weighted by atomic mass is 16.5. The van der Waals surface area contributed by atoms with E-state index in [2.05, 4.69) is 20.4 Å². The van der Waals surface area contributed by atoms with E-state index in [1.807, 2.05) is 17.0 Å². The fourth-order valence-corrected chi connectivity index (χ4v) is 3.67. The minimum atomic E-state index is -0.401. The van der Waals surface area contributed by atoms with Crippen LogP contribution < -0.4 is 5.32 Å². The number of likely N-dealkylation sites (tertiary alicyclic amines) is 1. The van der Waals surface area contributed by atoms with Crippen LogP contribution in [0.3, 0.4) is 0 Å². The topological polar surface area (TPSA) is 103 Å². The molecule has 2 aromatic heterocycles. The van der Waals surface area contributed by atoms with E-state index in [4.69, 9.17) is 14.0 Å².